The highest BCUT2D eigenvalue weighted by molar-refractivity contribution is 6.26. The fourth-order valence-electron chi connectivity index (χ4n) is 0.296. The molecule has 0 aromatic rings. The fraction of sp³-hybridized carbons (Fsp3) is 0.500. The summed E-state index contributed by atoms with van der Waals surface area (Å²) in [5.74, 6) is 0. The molecular formula is C8H16O4Si. The van der Waals surface area contributed by atoms with Crippen LogP contribution in [0.15, 0.2) is 25.3 Å². The number of rotatable bonds is 6. The average Bonchev–Trinajstić information content (AvgIpc) is 2.12. The Labute approximate surface area is 80.4 Å². The Balaban J connectivity index is 0. The van der Waals surface area contributed by atoms with Gasteiger partial charge in [-0.15, -0.1) is 0 Å². The molecule has 0 radical (unpaired) electrons. The summed E-state index contributed by atoms with van der Waals surface area (Å²) in [6.07, 6.45) is 3.03. The van der Waals surface area contributed by atoms with Gasteiger partial charge < -0.3 is 14.0 Å². The molecule has 0 aromatic carbocycles. The van der Waals surface area contributed by atoms with Gasteiger partial charge in [0.15, 0.2) is 0 Å². The van der Waals surface area contributed by atoms with Gasteiger partial charge in [0.2, 0.25) is 0 Å². The van der Waals surface area contributed by atoms with Crippen LogP contribution in [0.4, 0.5) is 0 Å². The second-order valence-electron chi connectivity index (χ2n) is 1.77. The van der Waals surface area contributed by atoms with E-state index in [1.54, 1.807) is 6.92 Å². The first-order valence-electron chi connectivity index (χ1n) is 3.85. The Morgan fingerprint density at radius 3 is 1.85 bits per heavy atom. The summed E-state index contributed by atoms with van der Waals surface area (Å²) in [5, 5.41) is 7.57. The molecule has 0 aromatic heterocycles. The number of aliphatic hydroxyl groups is 1. The number of aliphatic hydroxyl groups excluding tert-OH is 1. The minimum absolute atomic E-state index is 0.250. The second-order valence-corrected chi connectivity index (χ2v) is 2.84. The number of hydrogen-bond donors (Lipinski definition) is 1. The lowest BCUT2D eigenvalue weighted by atomic mass is 10.7. The number of hydrogen-bond acceptors (Lipinski definition) is 4. The van der Waals surface area contributed by atoms with E-state index < -0.39 is 9.17 Å². The van der Waals surface area contributed by atoms with Gasteiger partial charge in [-0.3, -0.25) is 4.46 Å². The fourth-order valence-corrected chi connectivity index (χ4v) is 0.887. The van der Waals surface area contributed by atoms with Crippen molar-refractivity contribution in [1.29, 1.82) is 0 Å². The van der Waals surface area contributed by atoms with Gasteiger partial charge in [-0.05, 0) is 6.92 Å². The molecule has 0 bridgehead atoms. The molecule has 0 fully saturated rings. The normalized spacial score (nSPS) is 7.54. The predicted octanol–water partition coefficient (Wildman–Crippen LogP) is 0.806. The van der Waals surface area contributed by atoms with Gasteiger partial charge >= 0.3 is 9.17 Å². The van der Waals surface area contributed by atoms with E-state index in [0.29, 0.717) is 0 Å². The van der Waals surface area contributed by atoms with Crippen molar-refractivity contribution in [2.24, 2.45) is 0 Å². The summed E-state index contributed by atoms with van der Waals surface area (Å²) in [6, 6.07) is 0. The predicted molar refractivity (Wildman–Crippen MR) is 51.5 cm³/mol. The van der Waals surface area contributed by atoms with Crippen LogP contribution >= 0.6 is 0 Å². The molecule has 76 valence electrons. The van der Waals surface area contributed by atoms with Gasteiger partial charge in [0.1, 0.15) is 0 Å². The van der Waals surface area contributed by atoms with E-state index in [1.165, 1.54) is 12.2 Å². The van der Waals surface area contributed by atoms with Crippen LogP contribution < -0.4 is 0 Å². The zero-order valence-electron chi connectivity index (χ0n) is 7.86. The molecule has 1 N–H and O–H groups in total. The van der Waals surface area contributed by atoms with Crippen LogP contribution in [-0.2, 0) is 13.3 Å². The maximum absolute atomic E-state index is 10.6. The zero-order chi connectivity index (χ0) is 10.5. The monoisotopic (exact) mass is 204 g/mol. The van der Waals surface area contributed by atoms with Crippen molar-refractivity contribution in [3.8, 4) is 0 Å². The molecule has 0 saturated heterocycles. The van der Waals surface area contributed by atoms with Crippen molar-refractivity contribution < 1.29 is 18.4 Å². The van der Waals surface area contributed by atoms with Crippen molar-refractivity contribution in [3.63, 3.8) is 0 Å². The van der Waals surface area contributed by atoms with Crippen LogP contribution in [0.25, 0.3) is 0 Å². The van der Waals surface area contributed by atoms with Crippen LogP contribution in [0.3, 0.4) is 0 Å². The van der Waals surface area contributed by atoms with Gasteiger partial charge in [0.05, 0.1) is 13.2 Å². The van der Waals surface area contributed by atoms with Gasteiger partial charge in [-0.2, -0.15) is 0 Å². The molecular weight excluding hydrogens is 188 g/mol. The second kappa shape index (κ2) is 13.6. The molecule has 0 atom stereocenters. The Hall–Kier alpha value is -0.943. The molecule has 0 heterocycles. The standard InChI is InChI=1S/C6H10O3Si.C2H6O/c1-3-5-8-10(7)9-6-4-2;1-2-3/h3-4H,1-2,5-6H2;3H,2H2,1H3. The van der Waals surface area contributed by atoms with Crippen LogP contribution in [0, 0.1) is 0 Å². The third kappa shape index (κ3) is 18.2. The van der Waals surface area contributed by atoms with E-state index in [4.69, 9.17) is 5.11 Å². The smallest absolute Gasteiger partial charge is 0.493 e. The maximum Gasteiger partial charge on any atom is 0.767 e. The Bertz CT molecular complexity index is 133. The SMILES string of the molecule is C=CCO[Si](=O)OCC=C.CCO. The molecule has 0 unspecified atom stereocenters. The molecule has 0 aliphatic carbocycles. The third-order valence-electron chi connectivity index (χ3n) is 0.638. The topological polar surface area (TPSA) is 55.8 Å². The summed E-state index contributed by atoms with van der Waals surface area (Å²) in [5.41, 5.74) is 0. The van der Waals surface area contributed by atoms with E-state index in [9.17, 15) is 4.46 Å². The van der Waals surface area contributed by atoms with Crippen LogP contribution in [-0.4, -0.2) is 34.1 Å². The van der Waals surface area contributed by atoms with Gasteiger partial charge in [0.25, 0.3) is 0 Å². The molecule has 0 saturated carbocycles. The van der Waals surface area contributed by atoms with E-state index in [1.807, 2.05) is 0 Å². The Morgan fingerprint density at radius 1 is 1.31 bits per heavy atom. The first-order valence-corrected chi connectivity index (χ1v) is 5.07. The van der Waals surface area contributed by atoms with Crippen LogP contribution in [0.5, 0.6) is 0 Å². The summed E-state index contributed by atoms with van der Waals surface area (Å²) >= 11 is 0. The largest absolute Gasteiger partial charge is 0.767 e. The van der Waals surface area contributed by atoms with E-state index >= 15 is 0 Å². The van der Waals surface area contributed by atoms with Crippen LogP contribution in [0.1, 0.15) is 6.92 Å². The lowest BCUT2D eigenvalue weighted by Crippen LogP contribution is -2.12. The summed E-state index contributed by atoms with van der Waals surface area (Å²) in [4.78, 5) is 0. The molecule has 5 heteroatoms. The quantitative estimate of drug-likeness (QED) is 0.514. The minimum atomic E-state index is -2.31. The van der Waals surface area contributed by atoms with E-state index in [2.05, 4.69) is 22.0 Å². The summed E-state index contributed by atoms with van der Waals surface area (Å²) in [7, 11) is -2.31. The molecule has 0 amide bonds. The molecule has 0 rings (SSSR count). The van der Waals surface area contributed by atoms with Crippen LogP contribution in [0.2, 0.25) is 0 Å². The minimum Gasteiger partial charge on any atom is -0.493 e. The first-order chi connectivity index (χ1) is 6.22. The van der Waals surface area contributed by atoms with E-state index in [0.717, 1.165) is 0 Å². The molecule has 0 aliphatic rings. The lowest BCUT2D eigenvalue weighted by Gasteiger charge is -1.98. The van der Waals surface area contributed by atoms with Gasteiger partial charge in [0, 0.05) is 6.61 Å². The van der Waals surface area contributed by atoms with Gasteiger partial charge in [-0.25, -0.2) is 0 Å². The summed E-state index contributed by atoms with van der Waals surface area (Å²) < 4.78 is 19.9. The van der Waals surface area contributed by atoms with Crippen molar-refractivity contribution in [2.45, 2.75) is 6.92 Å². The molecule has 4 nitrogen and oxygen atoms in total. The van der Waals surface area contributed by atoms with E-state index in [-0.39, 0.29) is 19.8 Å². The van der Waals surface area contributed by atoms with Crippen molar-refractivity contribution in [1.82, 2.24) is 0 Å². The molecule has 13 heavy (non-hydrogen) atoms. The average molecular weight is 204 g/mol. The molecule has 0 spiro atoms. The van der Waals surface area contributed by atoms with Crippen molar-refractivity contribution in [2.75, 3.05) is 19.8 Å². The highest BCUT2D eigenvalue weighted by Gasteiger charge is 2.06. The zero-order valence-corrected chi connectivity index (χ0v) is 8.86. The van der Waals surface area contributed by atoms with Crippen molar-refractivity contribution >= 4 is 9.17 Å². The van der Waals surface area contributed by atoms with Gasteiger partial charge in [-0.1, -0.05) is 25.3 Å². The lowest BCUT2D eigenvalue weighted by molar-refractivity contribution is 0.199. The maximum atomic E-state index is 10.6. The summed E-state index contributed by atoms with van der Waals surface area (Å²) in [6.45, 7) is 9.23. The van der Waals surface area contributed by atoms with Crippen molar-refractivity contribution in [3.05, 3.63) is 25.3 Å². The third-order valence-corrected chi connectivity index (χ3v) is 1.44. The first kappa shape index (κ1) is 14.6. The Kier molecular flexibility index (Phi) is 15.3. The highest BCUT2D eigenvalue weighted by atomic mass is 28.3. The molecule has 0 aliphatic heterocycles. The Morgan fingerprint density at radius 2 is 1.62 bits per heavy atom. The highest BCUT2D eigenvalue weighted by Crippen LogP contribution is 1.79.